The zero-order chi connectivity index (χ0) is 19.0. The van der Waals surface area contributed by atoms with Crippen LogP contribution in [0.1, 0.15) is 16.1 Å². The van der Waals surface area contributed by atoms with Gasteiger partial charge in [0, 0.05) is 14.1 Å². The summed E-state index contributed by atoms with van der Waals surface area (Å²) in [5.74, 6) is -1.41. The van der Waals surface area contributed by atoms with Crippen LogP contribution in [-0.4, -0.2) is 40.5 Å². The number of aryl methyl sites for hydroxylation is 3. The van der Waals surface area contributed by atoms with E-state index in [9.17, 15) is 18.8 Å². The van der Waals surface area contributed by atoms with Crippen LogP contribution >= 0.6 is 0 Å². The summed E-state index contributed by atoms with van der Waals surface area (Å²) in [6.45, 7) is 1.54. The molecule has 0 saturated carbocycles. The van der Waals surface area contributed by atoms with Crippen LogP contribution < -0.4 is 16.6 Å². The van der Waals surface area contributed by atoms with Crippen LogP contribution in [-0.2, 0) is 14.1 Å². The monoisotopic (exact) mass is 360 g/mol. The summed E-state index contributed by atoms with van der Waals surface area (Å²) in [5.41, 5.74) is -1.77. The molecule has 0 fully saturated rings. The van der Waals surface area contributed by atoms with Gasteiger partial charge in [-0.15, -0.1) is 0 Å². The molecule has 12 heteroatoms. The molecule has 134 valence electrons. The third-order valence-corrected chi connectivity index (χ3v) is 3.58. The fourth-order valence-electron chi connectivity index (χ4n) is 2.29. The molecule has 0 saturated heterocycles. The lowest BCUT2D eigenvalue weighted by molar-refractivity contribution is 0.101. The Balaban J connectivity index is 2.16. The number of tetrazole rings is 1. The van der Waals surface area contributed by atoms with Gasteiger partial charge in [-0.25, -0.2) is 23.1 Å². The predicted molar refractivity (Wildman–Crippen MR) is 86.5 cm³/mol. The molecule has 0 unspecified atom stereocenters. The number of nitrogens with one attached hydrogen (secondary N) is 1. The summed E-state index contributed by atoms with van der Waals surface area (Å²) < 4.78 is 16.1. The number of hydrogen-bond acceptors (Lipinski definition) is 7. The number of carbonyl (C=O) groups is 1. The highest BCUT2D eigenvalue weighted by Crippen LogP contribution is 2.12. The molecule has 3 rings (SSSR count). The fourth-order valence-corrected chi connectivity index (χ4v) is 2.29. The Hall–Kier alpha value is -3.70. The van der Waals surface area contributed by atoms with E-state index in [0.29, 0.717) is 5.56 Å². The molecule has 2 aromatic heterocycles. The van der Waals surface area contributed by atoms with Crippen molar-refractivity contribution >= 4 is 11.9 Å². The van der Waals surface area contributed by atoms with Crippen molar-refractivity contribution in [1.29, 1.82) is 0 Å². The van der Waals surface area contributed by atoms with E-state index in [1.54, 1.807) is 0 Å². The van der Waals surface area contributed by atoms with Crippen LogP contribution in [0.25, 0.3) is 5.69 Å². The molecule has 11 nitrogen and oxygen atoms in total. The molecule has 0 aliphatic heterocycles. The number of aromatic nitrogens is 7. The van der Waals surface area contributed by atoms with Crippen LogP contribution in [0, 0.1) is 12.7 Å². The Morgan fingerprint density at radius 1 is 1.19 bits per heavy atom. The van der Waals surface area contributed by atoms with E-state index in [2.05, 4.69) is 25.9 Å². The van der Waals surface area contributed by atoms with Crippen molar-refractivity contribution in [2.45, 2.75) is 6.92 Å². The zero-order valence-corrected chi connectivity index (χ0v) is 14.0. The second kappa shape index (κ2) is 6.31. The number of amides is 1. The maximum absolute atomic E-state index is 13.3. The Morgan fingerprint density at radius 2 is 1.92 bits per heavy atom. The number of carbonyl (C=O) groups excluding carboxylic acids is 1. The van der Waals surface area contributed by atoms with E-state index < -0.39 is 28.7 Å². The van der Waals surface area contributed by atoms with E-state index in [1.807, 2.05) is 0 Å². The van der Waals surface area contributed by atoms with Crippen LogP contribution in [0.4, 0.5) is 10.3 Å². The average Bonchev–Trinajstić information content (AvgIpc) is 2.97. The van der Waals surface area contributed by atoms with Gasteiger partial charge in [0.25, 0.3) is 11.5 Å². The van der Waals surface area contributed by atoms with Crippen molar-refractivity contribution in [2.24, 2.45) is 14.1 Å². The SMILES string of the molecule is Cc1cc(F)ccc1-n1c(=O)c(C(=O)Nc2nnnn2C)nn(C)c1=O. The first-order valence-corrected chi connectivity index (χ1v) is 7.30. The minimum atomic E-state index is -0.949. The molecule has 2 heterocycles. The van der Waals surface area contributed by atoms with Crippen LogP contribution in [0.2, 0.25) is 0 Å². The minimum absolute atomic E-state index is 0.00503. The van der Waals surface area contributed by atoms with Gasteiger partial charge in [0.05, 0.1) is 5.69 Å². The summed E-state index contributed by atoms with van der Waals surface area (Å²) in [5, 5.41) is 16.5. The molecule has 0 radical (unpaired) electrons. The van der Waals surface area contributed by atoms with Crippen molar-refractivity contribution in [3.8, 4) is 5.69 Å². The van der Waals surface area contributed by atoms with E-state index in [-0.39, 0.29) is 11.6 Å². The van der Waals surface area contributed by atoms with Gasteiger partial charge in [0.15, 0.2) is 0 Å². The average molecular weight is 360 g/mol. The first kappa shape index (κ1) is 17.1. The second-order valence-corrected chi connectivity index (χ2v) is 5.41. The van der Waals surface area contributed by atoms with Crippen molar-refractivity contribution in [3.63, 3.8) is 0 Å². The van der Waals surface area contributed by atoms with Gasteiger partial charge in [0.2, 0.25) is 11.6 Å². The number of halogens is 1. The van der Waals surface area contributed by atoms with Gasteiger partial charge in [-0.3, -0.25) is 14.9 Å². The lowest BCUT2D eigenvalue weighted by Crippen LogP contribution is -2.44. The van der Waals surface area contributed by atoms with E-state index in [4.69, 9.17) is 0 Å². The number of benzene rings is 1. The maximum atomic E-state index is 13.3. The lowest BCUT2D eigenvalue weighted by atomic mass is 10.2. The number of anilines is 1. The van der Waals surface area contributed by atoms with E-state index >= 15 is 0 Å². The van der Waals surface area contributed by atoms with Gasteiger partial charge in [0.1, 0.15) is 5.82 Å². The summed E-state index contributed by atoms with van der Waals surface area (Å²) in [6, 6.07) is 3.56. The molecule has 1 N–H and O–H groups in total. The van der Waals surface area contributed by atoms with Crippen molar-refractivity contribution < 1.29 is 9.18 Å². The molecule has 0 atom stereocenters. The number of hydrogen-bond donors (Lipinski definition) is 1. The largest absolute Gasteiger partial charge is 0.351 e. The zero-order valence-electron chi connectivity index (χ0n) is 14.0. The third-order valence-electron chi connectivity index (χ3n) is 3.58. The van der Waals surface area contributed by atoms with Gasteiger partial charge >= 0.3 is 5.69 Å². The first-order valence-electron chi connectivity index (χ1n) is 7.30. The highest BCUT2D eigenvalue weighted by molar-refractivity contribution is 6.01. The molecular weight excluding hydrogens is 347 g/mol. The number of nitrogens with zero attached hydrogens (tertiary/aromatic N) is 7. The van der Waals surface area contributed by atoms with Crippen molar-refractivity contribution in [3.05, 3.63) is 56.1 Å². The fraction of sp³-hybridized carbons (Fsp3) is 0.214. The minimum Gasteiger partial charge on any atom is -0.288 e. The molecule has 3 aromatic rings. The Labute approximate surface area is 144 Å². The van der Waals surface area contributed by atoms with E-state index in [0.717, 1.165) is 15.3 Å². The Morgan fingerprint density at radius 3 is 2.54 bits per heavy atom. The summed E-state index contributed by atoms with van der Waals surface area (Å²) in [4.78, 5) is 37.5. The molecule has 1 amide bonds. The van der Waals surface area contributed by atoms with Crippen LogP contribution in [0.5, 0.6) is 0 Å². The van der Waals surface area contributed by atoms with Gasteiger partial charge in [-0.2, -0.15) is 5.10 Å². The third kappa shape index (κ3) is 2.87. The van der Waals surface area contributed by atoms with Crippen molar-refractivity contribution in [2.75, 3.05) is 5.32 Å². The van der Waals surface area contributed by atoms with Gasteiger partial charge < -0.3 is 0 Å². The summed E-state index contributed by atoms with van der Waals surface area (Å²) in [6.07, 6.45) is 0. The Bertz CT molecular complexity index is 1130. The molecule has 0 aliphatic rings. The smallest absolute Gasteiger partial charge is 0.288 e. The van der Waals surface area contributed by atoms with Crippen molar-refractivity contribution in [1.82, 2.24) is 34.6 Å². The molecule has 1 aromatic carbocycles. The first-order chi connectivity index (χ1) is 12.3. The quantitative estimate of drug-likeness (QED) is 0.644. The van der Waals surface area contributed by atoms with Crippen LogP contribution in [0.3, 0.4) is 0 Å². The number of rotatable bonds is 3. The van der Waals surface area contributed by atoms with Gasteiger partial charge in [-0.1, -0.05) is 5.10 Å². The van der Waals surface area contributed by atoms with E-state index in [1.165, 1.54) is 37.8 Å². The highest BCUT2D eigenvalue weighted by Gasteiger charge is 2.21. The molecule has 26 heavy (non-hydrogen) atoms. The highest BCUT2D eigenvalue weighted by atomic mass is 19.1. The standard InChI is InChI=1S/C14H13FN8O3/c1-7-6-8(15)4-5-9(7)23-12(25)10(18-22(3)14(23)26)11(24)16-13-17-19-20-21(13)2/h4-6H,1-3H3,(H,16,17,20,24). The molecular formula is C14H13FN8O3. The summed E-state index contributed by atoms with van der Waals surface area (Å²) >= 11 is 0. The molecule has 0 spiro atoms. The van der Waals surface area contributed by atoms with Crippen LogP contribution in [0.15, 0.2) is 27.8 Å². The molecule has 0 aliphatic carbocycles. The topological polar surface area (TPSA) is 130 Å². The summed E-state index contributed by atoms with van der Waals surface area (Å²) in [7, 11) is 2.78. The second-order valence-electron chi connectivity index (χ2n) is 5.41. The lowest BCUT2D eigenvalue weighted by Gasteiger charge is -2.11. The van der Waals surface area contributed by atoms with Gasteiger partial charge in [-0.05, 0) is 41.1 Å². The Kier molecular flexibility index (Phi) is 4.16. The normalized spacial score (nSPS) is 10.8. The predicted octanol–water partition coefficient (Wildman–Crippen LogP) is -0.845. The maximum Gasteiger partial charge on any atom is 0.351 e. The molecule has 0 bridgehead atoms.